The fourth-order valence-electron chi connectivity index (χ4n) is 4.48. The van der Waals surface area contributed by atoms with Crippen LogP contribution >= 0.6 is 0 Å². The normalized spacial score (nSPS) is 18.5. The Morgan fingerprint density at radius 1 is 0.938 bits per heavy atom. The van der Waals surface area contributed by atoms with Crippen molar-refractivity contribution in [3.8, 4) is 5.75 Å². The van der Waals surface area contributed by atoms with Crippen molar-refractivity contribution in [1.82, 2.24) is 15.3 Å². The molecule has 2 aromatic carbocycles. The highest BCUT2D eigenvalue weighted by Crippen LogP contribution is 2.26. The molecule has 4 rings (SSSR count). The van der Waals surface area contributed by atoms with Gasteiger partial charge in [-0.05, 0) is 74.9 Å². The van der Waals surface area contributed by atoms with E-state index in [2.05, 4.69) is 39.8 Å². The van der Waals surface area contributed by atoms with Crippen molar-refractivity contribution in [2.24, 2.45) is 0 Å². The van der Waals surface area contributed by atoms with Gasteiger partial charge in [0.15, 0.2) is 0 Å². The highest BCUT2D eigenvalue weighted by atomic mass is 16.5. The zero-order valence-corrected chi connectivity index (χ0v) is 19.5. The van der Waals surface area contributed by atoms with E-state index < -0.39 is 0 Å². The van der Waals surface area contributed by atoms with Gasteiger partial charge in [-0.15, -0.1) is 0 Å². The molecule has 6 heteroatoms. The third-order valence-electron chi connectivity index (χ3n) is 6.30. The minimum Gasteiger partial charge on any atom is -0.497 e. The molecule has 0 atom stereocenters. The molecule has 0 spiro atoms. The van der Waals surface area contributed by atoms with Gasteiger partial charge in [-0.2, -0.15) is 4.98 Å². The molecule has 1 saturated carbocycles. The first kappa shape index (κ1) is 22.3. The summed E-state index contributed by atoms with van der Waals surface area (Å²) in [5, 5.41) is 8.45. The van der Waals surface area contributed by atoms with E-state index in [0.29, 0.717) is 12.1 Å². The summed E-state index contributed by atoms with van der Waals surface area (Å²) in [6.45, 7) is 1.06. The van der Waals surface area contributed by atoms with Gasteiger partial charge in [-0.25, -0.2) is 4.98 Å². The fraction of sp³-hybridized carbons (Fsp3) is 0.462. The van der Waals surface area contributed by atoms with E-state index >= 15 is 0 Å². The summed E-state index contributed by atoms with van der Waals surface area (Å²) in [5.41, 5.74) is 2.36. The van der Waals surface area contributed by atoms with Crippen LogP contribution in [0.5, 0.6) is 5.75 Å². The smallest absolute Gasteiger partial charge is 0.225 e. The average molecular weight is 434 g/mol. The summed E-state index contributed by atoms with van der Waals surface area (Å²) in [4.78, 5) is 11.6. The number of rotatable bonds is 9. The molecule has 3 aromatic rings. The molecule has 0 saturated heterocycles. The van der Waals surface area contributed by atoms with Gasteiger partial charge in [-0.3, -0.25) is 0 Å². The average Bonchev–Trinajstić information content (AvgIpc) is 2.82. The Labute approximate surface area is 191 Å². The molecular weight excluding hydrogens is 398 g/mol. The molecule has 1 heterocycles. The number of hydrogen-bond acceptors (Lipinski definition) is 6. The van der Waals surface area contributed by atoms with Gasteiger partial charge < -0.3 is 20.3 Å². The van der Waals surface area contributed by atoms with Gasteiger partial charge in [0.25, 0.3) is 0 Å². The van der Waals surface area contributed by atoms with Crippen LogP contribution in [0.2, 0.25) is 0 Å². The molecule has 6 nitrogen and oxygen atoms in total. The van der Waals surface area contributed by atoms with Gasteiger partial charge in [0.2, 0.25) is 5.95 Å². The first-order valence-electron chi connectivity index (χ1n) is 11.7. The highest BCUT2D eigenvalue weighted by molar-refractivity contribution is 5.90. The monoisotopic (exact) mass is 433 g/mol. The number of fused-ring (bicyclic) bond motifs is 1. The second-order valence-electron chi connectivity index (χ2n) is 8.88. The predicted molar refractivity (Wildman–Crippen MR) is 133 cm³/mol. The zero-order chi connectivity index (χ0) is 22.3. The quantitative estimate of drug-likeness (QED) is 0.479. The standard InChI is InChI=1S/C26H35N5O/c1-31(2)25-23-8-4-5-9-24(23)29-26(30-25)28-21-14-12-20(13-15-21)27-18-6-7-19-10-16-22(32-3)17-11-19/h4-5,8-11,16-17,20-21,27H,6-7,12-15,18H2,1-3H3,(H,28,29,30)/t20-,21+. The highest BCUT2D eigenvalue weighted by Gasteiger charge is 2.21. The fourth-order valence-corrected chi connectivity index (χ4v) is 4.48. The van der Waals surface area contributed by atoms with E-state index in [1.54, 1.807) is 7.11 Å². The third-order valence-corrected chi connectivity index (χ3v) is 6.30. The minimum absolute atomic E-state index is 0.434. The number of nitrogens with zero attached hydrogens (tertiary/aromatic N) is 3. The first-order valence-corrected chi connectivity index (χ1v) is 11.7. The molecule has 0 amide bonds. The Bertz CT molecular complexity index is 997. The maximum Gasteiger partial charge on any atom is 0.225 e. The molecule has 1 aliphatic rings. The number of hydrogen-bond donors (Lipinski definition) is 2. The molecule has 1 fully saturated rings. The first-order chi connectivity index (χ1) is 15.6. The van der Waals surface area contributed by atoms with Crippen LogP contribution in [0.15, 0.2) is 48.5 Å². The summed E-state index contributed by atoms with van der Waals surface area (Å²) in [6.07, 6.45) is 6.92. The Morgan fingerprint density at radius 2 is 1.66 bits per heavy atom. The van der Waals surface area contributed by atoms with Crippen LogP contribution in [-0.4, -0.2) is 49.8 Å². The Balaban J connectivity index is 1.22. The van der Waals surface area contributed by atoms with Crippen molar-refractivity contribution < 1.29 is 4.74 Å². The summed E-state index contributed by atoms with van der Waals surface area (Å²) < 4.78 is 5.23. The summed E-state index contributed by atoms with van der Waals surface area (Å²) in [6, 6.07) is 17.7. The second kappa shape index (κ2) is 10.6. The molecule has 2 N–H and O–H groups in total. The van der Waals surface area contributed by atoms with Crippen molar-refractivity contribution in [2.75, 3.05) is 38.0 Å². The Kier molecular flexibility index (Phi) is 7.43. The molecule has 0 unspecified atom stereocenters. The lowest BCUT2D eigenvalue weighted by Crippen LogP contribution is -2.37. The Morgan fingerprint density at radius 3 is 2.38 bits per heavy atom. The van der Waals surface area contributed by atoms with E-state index in [1.807, 2.05) is 38.4 Å². The van der Waals surface area contributed by atoms with Crippen LogP contribution in [0.1, 0.15) is 37.7 Å². The van der Waals surface area contributed by atoms with Crippen molar-refractivity contribution in [1.29, 1.82) is 0 Å². The van der Waals surface area contributed by atoms with Gasteiger partial charge in [0.1, 0.15) is 11.6 Å². The lowest BCUT2D eigenvalue weighted by molar-refractivity contribution is 0.352. The lowest BCUT2D eigenvalue weighted by Gasteiger charge is -2.30. The molecule has 0 aliphatic heterocycles. The summed E-state index contributed by atoms with van der Waals surface area (Å²) >= 11 is 0. The van der Waals surface area contributed by atoms with Crippen LogP contribution in [-0.2, 0) is 6.42 Å². The van der Waals surface area contributed by atoms with Crippen molar-refractivity contribution in [2.45, 2.75) is 50.6 Å². The van der Waals surface area contributed by atoms with E-state index in [1.165, 1.54) is 18.4 Å². The van der Waals surface area contributed by atoms with Gasteiger partial charge in [0, 0.05) is 31.6 Å². The van der Waals surface area contributed by atoms with Crippen LogP contribution < -0.4 is 20.3 Å². The van der Waals surface area contributed by atoms with Crippen LogP contribution in [0.4, 0.5) is 11.8 Å². The van der Waals surface area contributed by atoms with Crippen molar-refractivity contribution in [3.63, 3.8) is 0 Å². The SMILES string of the molecule is COc1ccc(CCCN[C@H]2CC[C@@H](Nc3nc(N(C)C)c4ccccc4n3)CC2)cc1. The van der Waals surface area contributed by atoms with E-state index in [9.17, 15) is 0 Å². The minimum atomic E-state index is 0.434. The molecule has 1 aromatic heterocycles. The predicted octanol–water partition coefficient (Wildman–Crippen LogP) is 4.65. The van der Waals surface area contributed by atoms with Gasteiger partial charge >= 0.3 is 0 Å². The number of methoxy groups -OCH3 is 1. The maximum absolute atomic E-state index is 5.23. The number of nitrogens with one attached hydrogen (secondary N) is 2. The van der Waals surface area contributed by atoms with Crippen molar-refractivity contribution in [3.05, 3.63) is 54.1 Å². The van der Waals surface area contributed by atoms with E-state index in [4.69, 9.17) is 14.7 Å². The third kappa shape index (κ3) is 5.68. The van der Waals surface area contributed by atoms with E-state index in [-0.39, 0.29) is 0 Å². The molecule has 32 heavy (non-hydrogen) atoms. The van der Waals surface area contributed by atoms with Crippen LogP contribution in [0.3, 0.4) is 0 Å². The Hall–Kier alpha value is -2.86. The molecule has 0 bridgehead atoms. The van der Waals surface area contributed by atoms with E-state index in [0.717, 1.165) is 60.6 Å². The van der Waals surface area contributed by atoms with Gasteiger partial charge in [0.05, 0.1) is 12.6 Å². The van der Waals surface area contributed by atoms with Crippen LogP contribution in [0.25, 0.3) is 10.9 Å². The summed E-state index contributed by atoms with van der Waals surface area (Å²) in [7, 11) is 5.77. The van der Waals surface area contributed by atoms with Crippen molar-refractivity contribution >= 4 is 22.7 Å². The number of para-hydroxylation sites is 1. The molecule has 1 aliphatic carbocycles. The largest absolute Gasteiger partial charge is 0.497 e. The topological polar surface area (TPSA) is 62.3 Å². The number of aromatic nitrogens is 2. The lowest BCUT2D eigenvalue weighted by atomic mass is 9.91. The molecular formula is C26H35N5O. The maximum atomic E-state index is 5.23. The molecule has 170 valence electrons. The molecule has 0 radical (unpaired) electrons. The summed E-state index contributed by atoms with van der Waals surface area (Å²) in [5.74, 6) is 2.62. The second-order valence-corrected chi connectivity index (χ2v) is 8.88. The number of benzene rings is 2. The number of aryl methyl sites for hydroxylation is 1. The number of anilines is 2. The zero-order valence-electron chi connectivity index (χ0n) is 19.5. The number of ether oxygens (including phenoxy) is 1. The van der Waals surface area contributed by atoms with Gasteiger partial charge in [-0.1, -0.05) is 24.3 Å². The van der Waals surface area contributed by atoms with Crippen LogP contribution in [0, 0.1) is 0 Å².